The molecule has 0 spiro atoms. The van der Waals surface area contributed by atoms with Gasteiger partial charge in [0.15, 0.2) is 5.00 Å². The van der Waals surface area contributed by atoms with E-state index in [-0.39, 0.29) is 24.4 Å². The van der Waals surface area contributed by atoms with Crippen LogP contribution in [0.3, 0.4) is 0 Å². The van der Waals surface area contributed by atoms with Gasteiger partial charge in [0, 0.05) is 5.03 Å². The van der Waals surface area contributed by atoms with Gasteiger partial charge in [-0.1, -0.05) is 23.2 Å². The number of allylic oxidation sites excluding steroid dienone is 2. The van der Waals surface area contributed by atoms with Crippen molar-refractivity contribution in [2.75, 3.05) is 0 Å². The normalized spacial score (nSPS) is 23.5. The average molecular weight is 347 g/mol. The number of rotatable bonds is 6. The molecule has 0 aromatic heterocycles. The summed E-state index contributed by atoms with van der Waals surface area (Å²) < 4.78 is 0. The van der Waals surface area contributed by atoms with Gasteiger partial charge in [-0.05, 0) is 32.1 Å². The summed E-state index contributed by atoms with van der Waals surface area (Å²) in [6.45, 7) is 2.56. The third-order valence-corrected chi connectivity index (χ3v) is 3.44. The lowest BCUT2D eigenvalue weighted by Gasteiger charge is -2.34. The second-order valence-electron chi connectivity index (χ2n) is 5.00. The first-order chi connectivity index (χ1) is 10.1. The molecule has 0 aromatic rings. The highest BCUT2D eigenvalue weighted by molar-refractivity contribution is 6.32. The molecular formula is C14H16Cl2N2O4. The van der Waals surface area contributed by atoms with E-state index in [2.05, 4.69) is 10.6 Å². The zero-order valence-corrected chi connectivity index (χ0v) is 13.6. The van der Waals surface area contributed by atoms with Gasteiger partial charge >= 0.3 is 0 Å². The van der Waals surface area contributed by atoms with Crippen molar-refractivity contribution in [1.82, 2.24) is 10.6 Å². The first-order valence-electron chi connectivity index (χ1n) is 6.47. The van der Waals surface area contributed by atoms with Gasteiger partial charge in [0.05, 0.1) is 18.9 Å². The van der Waals surface area contributed by atoms with E-state index in [1.807, 2.05) is 0 Å². The summed E-state index contributed by atoms with van der Waals surface area (Å²) in [6, 6.07) is -0.852. The Morgan fingerprint density at radius 3 is 2.23 bits per heavy atom. The van der Waals surface area contributed by atoms with Crippen LogP contribution in [0.15, 0.2) is 23.3 Å². The van der Waals surface area contributed by atoms with Crippen molar-refractivity contribution in [1.29, 1.82) is 0 Å². The highest BCUT2D eigenvalue weighted by Crippen LogP contribution is 2.27. The Morgan fingerprint density at radius 1 is 1.14 bits per heavy atom. The molecule has 0 heterocycles. The topological polar surface area (TPSA) is 92.3 Å². The van der Waals surface area contributed by atoms with E-state index in [1.54, 1.807) is 0 Å². The zero-order valence-electron chi connectivity index (χ0n) is 12.1. The molecular weight excluding hydrogens is 331 g/mol. The molecule has 120 valence electrons. The Balaban J connectivity index is 2.87. The number of hydrogen-bond acceptors (Lipinski definition) is 4. The minimum absolute atomic E-state index is 0.306. The molecule has 0 radical (unpaired) electrons. The second kappa shape index (κ2) is 7.56. The van der Waals surface area contributed by atoms with Gasteiger partial charge in [-0.25, -0.2) is 0 Å². The number of halogens is 2. The third-order valence-electron chi connectivity index (χ3n) is 2.73. The van der Waals surface area contributed by atoms with Crippen LogP contribution in [0.25, 0.3) is 0 Å². The van der Waals surface area contributed by atoms with E-state index < -0.39 is 22.9 Å². The van der Waals surface area contributed by atoms with E-state index in [9.17, 15) is 19.2 Å². The lowest BCUT2D eigenvalue weighted by atomic mass is 10.0. The van der Waals surface area contributed by atoms with E-state index in [0.717, 1.165) is 0 Å². The van der Waals surface area contributed by atoms with Crippen molar-refractivity contribution in [2.24, 2.45) is 0 Å². The molecule has 0 aliphatic heterocycles. The van der Waals surface area contributed by atoms with E-state index in [1.165, 1.54) is 32.1 Å². The van der Waals surface area contributed by atoms with Crippen molar-refractivity contribution < 1.29 is 19.2 Å². The van der Waals surface area contributed by atoms with Crippen LogP contribution < -0.4 is 10.6 Å². The van der Waals surface area contributed by atoms with Crippen LogP contribution in [0.4, 0.5) is 0 Å². The number of hydrogen-bond donors (Lipinski definition) is 2. The minimum atomic E-state index is -1.46. The van der Waals surface area contributed by atoms with Gasteiger partial charge in [-0.3, -0.25) is 19.2 Å². The maximum absolute atomic E-state index is 11.7. The first-order valence-corrected chi connectivity index (χ1v) is 7.22. The Bertz CT molecular complexity index is 571. The molecule has 0 aromatic carbocycles. The molecule has 22 heavy (non-hydrogen) atoms. The fourth-order valence-corrected chi connectivity index (χ4v) is 2.32. The van der Waals surface area contributed by atoms with E-state index in [0.29, 0.717) is 5.03 Å². The number of alkyl halides is 1. The SMILES string of the molecule is CC(=O)CC(=O)NC1C=C(Cl)C=CC1(Cl)NC(=O)CC(C)=O. The van der Waals surface area contributed by atoms with Crippen LogP contribution in [0, 0.1) is 0 Å². The lowest BCUT2D eigenvalue weighted by Crippen LogP contribution is -2.58. The van der Waals surface area contributed by atoms with Crippen LogP contribution in [0.5, 0.6) is 0 Å². The number of carbonyl (C=O) groups is 4. The number of ketones is 2. The molecule has 1 rings (SSSR count). The number of amides is 2. The summed E-state index contributed by atoms with van der Waals surface area (Å²) in [6.07, 6.45) is 3.69. The van der Waals surface area contributed by atoms with Crippen LogP contribution in [0.1, 0.15) is 26.7 Å². The van der Waals surface area contributed by atoms with Crippen molar-refractivity contribution in [3.05, 3.63) is 23.3 Å². The molecule has 2 atom stereocenters. The summed E-state index contributed by atoms with van der Waals surface area (Å²) in [7, 11) is 0. The largest absolute Gasteiger partial charge is 0.345 e. The molecule has 2 amide bonds. The number of carbonyl (C=O) groups excluding carboxylic acids is 4. The maximum atomic E-state index is 11.7. The predicted molar refractivity (Wildman–Crippen MR) is 82.3 cm³/mol. The third kappa shape index (κ3) is 5.61. The lowest BCUT2D eigenvalue weighted by molar-refractivity contribution is -0.130. The standard InChI is InChI=1S/C14H16Cl2N2O4/c1-8(19)5-12(21)17-11-7-10(15)3-4-14(11,16)18-13(22)6-9(2)20/h3-4,7,11H,5-6H2,1-2H3,(H,17,21)(H,18,22). The van der Waals surface area contributed by atoms with Gasteiger partial charge in [0.2, 0.25) is 11.8 Å². The second-order valence-corrected chi connectivity index (χ2v) is 6.07. The molecule has 0 saturated heterocycles. The molecule has 0 fully saturated rings. The highest BCUT2D eigenvalue weighted by atomic mass is 35.5. The summed E-state index contributed by atoms with van der Waals surface area (Å²) in [5, 5.41) is 5.32. The van der Waals surface area contributed by atoms with Crippen LogP contribution >= 0.6 is 23.2 Å². The highest BCUT2D eigenvalue weighted by Gasteiger charge is 2.38. The van der Waals surface area contributed by atoms with Crippen LogP contribution in [-0.2, 0) is 19.2 Å². The summed E-state index contributed by atoms with van der Waals surface area (Å²) in [4.78, 5) is 43.9. The Labute approximate surface area is 137 Å². The average Bonchev–Trinajstić information content (AvgIpc) is 2.32. The van der Waals surface area contributed by atoms with Crippen molar-refractivity contribution >= 4 is 46.6 Å². The zero-order chi connectivity index (χ0) is 16.9. The predicted octanol–water partition coefficient (Wildman–Crippen LogP) is 1.17. The Hall–Kier alpha value is -1.66. The van der Waals surface area contributed by atoms with Gasteiger partial charge in [-0.15, -0.1) is 0 Å². The summed E-state index contributed by atoms with van der Waals surface area (Å²) in [5.74, 6) is -1.74. The molecule has 8 heteroatoms. The number of nitrogens with one attached hydrogen (secondary N) is 2. The molecule has 2 unspecified atom stereocenters. The van der Waals surface area contributed by atoms with Crippen LogP contribution in [-0.4, -0.2) is 34.4 Å². The van der Waals surface area contributed by atoms with Gasteiger partial charge in [0.25, 0.3) is 0 Å². The molecule has 6 nitrogen and oxygen atoms in total. The fraction of sp³-hybridized carbons (Fsp3) is 0.429. The Kier molecular flexibility index (Phi) is 6.32. The van der Waals surface area contributed by atoms with E-state index in [4.69, 9.17) is 23.2 Å². The van der Waals surface area contributed by atoms with Crippen molar-refractivity contribution in [3.63, 3.8) is 0 Å². The maximum Gasteiger partial charge on any atom is 0.229 e. The van der Waals surface area contributed by atoms with Gasteiger partial charge in [0.1, 0.15) is 11.6 Å². The quantitative estimate of drug-likeness (QED) is 0.429. The van der Waals surface area contributed by atoms with Crippen molar-refractivity contribution in [3.8, 4) is 0 Å². The number of Topliss-reactive ketones (excluding diaryl/α,β-unsaturated/α-hetero) is 2. The smallest absolute Gasteiger partial charge is 0.229 e. The summed E-state index contributed by atoms with van der Waals surface area (Å²) in [5.41, 5.74) is 0. The van der Waals surface area contributed by atoms with Crippen LogP contribution in [0.2, 0.25) is 0 Å². The monoisotopic (exact) mass is 346 g/mol. The van der Waals surface area contributed by atoms with Crippen molar-refractivity contribution in [2.45, 2.75) is 37.7 Å². The molecule has 1 aliphatic rings. The molecule has 0 saturated carbocycles. The first kappa shape index (κ1) is 18.4. The van der Waals surface area contributed by atoms with Gasteiger partial charge in [-0.2, -0.15) is 0 Å². The van der Waals surface area contributed by atoms with E-state index >= 15 is 0 Å². The molecule has 1 aliphatic carbocycles. The Morgan fingerprint density at radius 2 is 1.68 bits per heavy atom. The summed E-state index contributed by atoms with van der Waals surface area (Å²) >= 11 is 12.2. The fourth-order valence-electron chi connectivity index (χ4n) is 1.84. The minimum Gasteiger partial charge on any atom is -0.345 e. The van der Waals surface area contributed by atoms with Gasteiger partial charge < -0.3 is 10.6 Å². The molecule has 0 bridgehead atoms. The molecule has 2 N–H and O–H groups in total.